The first kappa shape index (κ1) is 17.1. The number of carbonyl (C=O) groups excluding carboxylic acids is 1. The van der Waals surface area contributed by atoms with E-state index in [-0.39, 0.29) is 6.09 Å². The van der Waals surface area contributed by atoms with Gasteiger partial charge in [-0.15, -0.1) is 0 Å². The lowest BCUT2D eigenvalue weighted by Crippen LogP contribution is -2.38. The van der Waals surface area contributed by atoms with Crippen molar-refractivity contribution >= 4 is 17.7 Å². The van der Waals surface area contributed by atoms with Crippen LogP contribution >= 0.6 is 11.6 Å². The average Bonchev–Trinajstić information content (AvgIpc) is 2.86. The van der Waals surface area contributed by atoms with Crippen molar-refractivity contribution in [1.29, 1.82) is 0 Å². The fourth-order valence-electron chi connectivity index (χ4n) is 2.65. The number of benzene rings is 1. The summed E-state index contributed by atoms with van der Waals surface area (Å²) >= 11 is 6.03. The molecule has 1 atom stereocenters. The Balaban J connectivity index is 1.88. The van der Waals surface area contributed by atoms with Crippen LogP contribution < -0.4 is 0 Å². The van der Waals surface area contributed by atoms with Gasteiger partial charge >= 0.3 is 6.09 Å². The summed E-state index contributed by atoms with van der Waals surface area (Å²) in [5.41, 5.74) is 0.743. The Morgan fingerprint density at radius 3 is 2.82 bits per heavy atom. The fraction of sp³-hybridized carbons (Fsp3) is 0.588. The number of likely N-dealkylation sites (N-methyl/N-ethyl adjacent to an activating group) is 1. The molecule has 1 aromatic carbocycles. The van der Waals surface area contributed by atoms with Crippen LogP contribution in [0, 0.1) is 0 Å². The van der Waals surface area contributed by atoms with Gasteiger partial charge in [0.2, 0.25) is 0 Å². The monoisotopic (exact) mass is 324 g/mol. The zero-order chi connectivity index (χ0) is 16.3. The second kappa shape index (κ2) is 6.88. The normalized spacial score (nSPS) is 18.8. The van der Waals surface area contributed by atoms with Crippen LogP contribution in [0.15, 0.2) is 24.3 Å². The van der Waals surface area contributed by atoms with Gasteiger partial charge in [0.25, 0.3) is 0 Å². The molecule has 1 unspecified atom stereocenters. The maximum Gasteiger partial charge on any atom is 0.410 e. The number of hydrogen-bond acceptors (Lipinski definition) is 3. The zero-order valence-corrected chi connectivity index (χ0v) is 14.6. The molecule has 1 aromatic rings. The molecule has 2 rings (SSSR count). The third-order valence-electron chi connectivity index (χ3n) is 3.76. The van der Waals surface area contributed by atoms with Crippen molar-refractivity contribution in [3.05, 3.63) is 34.9 Å². The maximum atomic E-state index is 12.1. The highest BCUT2D eigenvalue weighted by molar-refractivity contribution is 6.30. The lowest BCUT2D eigenvalue weighted by atomic mass is 10.1. The number of rotatable bonds is 3. The van der Waals surface area contributed by atoms with Crippen molar-refractivity contribution in [2.75, 3.05) is 20.1 Å². The largest absolute Gasteiger partial charge is 0.444 e. The van der Waals surface area contributed by atoms with Crippen LogP contribution in [-0.4, -0.2) is 47.7 Å². The second-order valence-corrected chi connectivity index (χ2v) is 7.35. The Labute approximate surface area is 138 Å². The highest BCUT2D eigenvalue weighted by Crippen LogP contribution is 2.20. The van der Waals surface area contributed by atoms with Crippen molar-refractivity contribution in [2.24, 2.45) is 0 Å². The molecular formula is C17H25ClN2O2. The molecule has 22 heavy (non-hydrogen) atoms. The van der Waals surface area contributed by atoms with E-state index in [1.807, 2.05) is 39.0 Å². The van der Waals surface area contributed by atoms with Crippen LogP contribution in [0.3, 0.4) is 0 Å². The SMILES string of the molecule is CN(Cc1cccc(Cl)c1)C1CCN(C(=O)OC(C)(C)C)C1. The number of amides is 1. The molecule has 1 fully saturated rings. The van der Waals surface area contributed by atoms with E-state index < -0.39 is 5.60 Å². The van der Waals surface area contributed by atoms with E-state index in [1.165, 1.54) is 5.56 Å². The third-order valence-corrected chi connectivity index (χ3v) is 3.99. The Kier molecular flexibility index (Phi) is 5.35. The molecule has 0 aromatic heterocycles. The molecule has 0 aliphatic carbocycles. The first-order valence-electron chi connectivity index (χ1n) is 7.67. The quantitative estimate of drug-likeness (QED) is 0.848. The number of carbonyl (C=O) groups is 1. The molecule has 0 spiro atoms. The second-order valence-electron chi connectivity index (χ2n) is 6.91. The number of hydrogen-bond donors (Lipinski definition) is 0. The van der Waals surface area contributed by atoms with Gasteiger partial charge in [-0.2, -0.15) is 0 Å². The number of ether oxygens (including phenoxy) is 1. The van der Waals surface area contributed by atoms with Crippen LogP contribution in [0.5, 0.6) is 0 Å². The first-order chi connectivity index (χ1) is 10.2. The van der Waals surface area contributed by atoms with Gasteiger partial charge in [0, 0.05) is 30.7 Å². The van der Waals surface area contributed by atoms with E-state index in [4.69, 9.17) is 16.3 Å². The van der Waals surface area contributed by atoms with E-state index in [0.717, 1.165) is 24.5 Å². The summed E-state index contributed by atoms with van der Waals surface area (Å²) in [4.78, 5) is 16.2. The Bertz CT molecular complexity index is 528. The fourth-order valence-corrected chi connectivity index (χ4v) is 2.86. The van der Waals surface area contributed by atoms with Gasteiger partial charge in [0.05, 0.1) is 0 Å². The van der Waals surface area contributed by atoms with E-state index in [9.17, 15) is 4.79 Å². The van der Waals surface area contributed by atoms with Crippen LogP contribution in [0.4, 0.5) is 4.79 Å². The Hall–Kier alpha value is -1.26. The van der Waals surface area contributed by atoms with E-state index >= 15 is 0 Å². The summed E-state index contributed by atoms with van der Waals surface area (Å²) in [7, 11) is 2.09. The van der Waals surface area contributed by atoms with Gasteiger partial charge in [-0.05, 0) is 51.9 Å². The number of nitrogens with zero attached hydrogens (tertiary/aromatic N) is 2. The molecule has 0 radical (unpaired) electrons. The molecule has 1 aliphatic heterocycles. The molecule has 122 valence electrons. The average molecular weight is 325 g/mol. The predicted molar refractivity (Wildman–Crippen MR) is 89.1 cm³/mol. The van der Waals surface area contributed by atoms with Crippen molar-refractivity contribution in [3.8, 4) is 0 Å². The van der Waals surface area contributed by atoms with Gasteiger partial charge in [-0.3, -0.25) is 4.90 Å². The zero-order valence-electron chi connectivity index (χ0n) is 13.8. The number of halogens is 1. The number of likely N-dealkylation sites (tertiary alicyclic amines) is 1. The molecule has 5 heteroatoms. The van der Waals surface area contributed by atoms with Crippen molar-refractivity contribution < 1.29 is 9.53 Å². The summed E-state index contributed by atoms with van der Waals surface area (Å²) in [6.45, 7) is 7.97. The topological polar surface area (TPSA) is 32.8 Å². The minimum Gasteiger partial charge on any atom is -0.444 e. The van der Waals surface area contributed by atoms with Crippen molar-refractivity contribution in [3.63, 3.8) is 0 Å². The highest BCUT2D eigenvalue weighted by Gasteiger charge is 2.31. The molecule has 1 aliphatic rings. The van der Waals surface area contributed by atoms with Crippen LogP contribution in [0.25, 0.3) is 0 Å². The lowest BCUT2D eigenvalue weighted by Gasteiger charge is -2.26. The first-order valence-corrected chi connectivity index (χ1v) is 8.05. The molecule has 0 bridgehead atoms. The summed E-state index contributed by atoms with van der Waals surface area (Å²) in [6.07, 6.45) is 0.752. The van der Waals surface area contributed by atoms with Crippen molar-refractivity contribution in [2.45, 2.75) is 45.4 Å². The Morgan fingerprint density at radius 2 is 2.18 bits per heavy atom. The molecule has 1 amide bonds. The van der Waals surface area contributed by atoms with E-state index in [2.05, 4.69) is 18.0 Å². The van der Waals surface area contributed by atoms with E-state index in [0.29, 0.717) is 12.6 Å². The van der Waals surface area contributed by atoms with Gasteiger partial charge < -0.3 is 9.64 Å². The molecule has 1 heterocycles. The molecule has 1 saturated heterocycles. The van der Waals surface area contributed by atoms with Gasteiger partial charge in [-0.25, -0.2) is 4.79 Å². The van der Waals surface area contributed by atoms with Crippen LogP contribution in [0.1, 0.15) is 32.8 Å². The lowest BCUT2D eigenvalue weighted by molar-refractivity contribution is 0.0282. The highest BCUT2D eigenvalue weighted by atomic mass is 35.5. The molecule has 0 saturated carbocycles. The standard InChI is InChI=1S/C17H25ClN2O2/c1-17(2,3)22-16(21)20-9-8-15(12-20)19(4)11-13-6-5-7-14(18)10-13/h5-7,10,15H,8-9,11-12H2,1-4H3. The summed E-state index contributed by atoms with van der Waals surface area (Å²) < 4.78 is 5.43. The summed E-state index contributed by atoms with van der Waals surface area (Å²) in [6, 6.07) is 8.26. The maximum absolute atomic E-state index is 12.1. The molecule has 4 nitrogen and oxygen atoms in total. The predicted octanol–water partition coefficient (Wildman–Crippen LogP) is 3.78. The molecular weight excluding hydrogens is 300 g/mol. The third kappa shape index (κ3) is 4.89. The smallest absolute Gasteiger partial charge is 0.410 e. The van der Waals surface area contributed by atoms with E-state index in [1.54, 1.807) is 4.90 Å². The minimum absolute atomic E-state index is 0.217. The van der Waals surface area contributed by atoms with Gasteiger partial charge in [-0.1, -0.05) is 23.7 Å². The summed E-state index contributed by atoms with van der Waals surface area (Å²) in [5.74, 6) is 0. The van der Waals surface area contributed by atoms with Crippen molar-refractivity contribution in [1.82, 2.24) is 9.80 Å². The Morgan fingerprint density at radius 1 is 1.45 bits per heavy atom. The summed E-state index contributed by atoms with van der Waals surface area (Å²) in [5, 5.41) is 0.757. The van der Waals surface area contributed by atoms with Crippen LogP contribution in [0.2, 0.25) is 5.02 Å². The molecule has 0 N–H and O–H groups in total. The van der Waals surface area contributed by atoms with Gasteiger partial charge in [0.1, 0.15) is 5.60 Å². The van der Waals surface area contributed by atoms with Crippen LogP contribution in [-0.2, 0) is 11.3 Å². The van der Waals surface area contributed by atoms with Gasteiger partial charge in [0.15, 0.2) is 0 Å². The minimum atomic E-state index is -0.443.